The van der Waals surface area contributed by atoms with Gasteiger partial charge in [-0.1, -0.05) is 42.8 Å². The average molecular weight is 604 g/mol. The number of benzene rings is 1. The van der Waals surface area contributed by atoms with Crippen molar-refractivity contribution in [3.05, 3.63) is 47.7 Å². The predicted molar refractivity (Wildman–Crippen MR) is 167 cm³/mol. The number of carbonyl (C=O) groups is 3. The first-order chi connectivity index (χ1) is 21.0. The van der Waals surface area contributed by atoms with Crippen molar-refractivity contribution in [1.82, 2.24) is 10.3 Å². The molecule has 2 aromatic rings. The highest BCUT2D eigenvalue weighted by Crippen LogP contribution is 2.67. The maximum absolute atomic E-state index is 12.8. The number of aliphatic hydroxyl groups is 1. The Bertz CT molecular complexity index is 1530. The molecule has 6 rings (SSSR count). The summed E-state index contributed by atoms with van der Waals surface area (Å²) in [6.07, 6.45) is 11.4. The van der Waals surface area contributed by atoms with Gasteiger partial charge >= 0.3 is 5.97 Å². The maximum atomic E-state index is 12.8. The summed E-state index contributed by atoms with van der Waals surface area (Å²) < 4.78 is 4.95. The van der Waals surface area contributed by atoms with E-state index in [1.807, 2.05) is 30.5 Å². The van der Waals surface area contributed by atoms with Gasteiger partial charge in [-0.05, 0) is 99.2 Å². The van der Waals surface area contributed by atoms with Gasteiger partial charge in [0.25, 0.3) is 5.91 Å². The number of aromatic amines is 1. The Hall–Kier alpha value is -3.46. The van der Waals surface area contributed by atoms with Crippen LogP contribution in [-0.2, 0) is 30.4 Å². The smallest absolute Gasteiger partial charge is 0.328 e. The van der Waals surface area contributed by atoms with Gasteiger partial charge in [0.1, 0.15) is 11.6 Å². The molecule has 1 aromatic heterocycles. The number of Topliss-reactive ketones (excluding diaryl/α,β-unsaturated/α-hetero) is 1. The highest BCUT2D eigenvalue weighted by molar-refractivity contribution is 5.96. The third-order valence-electron chi connectivity index (χ3n) is 12.0. The number of hydrogen-bond donors (Lipinski definition) is 3. The molecule has 1 heterocycles. The Labute approximate surface area is 258 Å². The van der Waals surface area contributed by atoms with E-state index in [0.29, 0.717) is 24.2 Å². The number of hydrogen-bond acceptors (Lipinski definition) is 7. The van der Waals surface area contributed by atoms with Crippen LogP contribution in [0.3, 0.4) is 0 Å². The third kappa shape index (κ3) is 4.97. The number of fused-ring (bicyclic) bond motifs is 6. The highest BCUT2D eigenvalue weighted by Gasteiger charge is 2.65. The first-order valence-electron chi connectivity index (χ1n) is 16.1. The van der Waals surface area contributed by atoms with Crippen molar-refractivity contribution in [2.75, 3.05) is 13.7 Å². The van der Waals surface area contributed by atoms with Crippen LogP contribution in [0.1, 0.15) is 77.7 Å². The molecule has 9 nitrogen and oxygen atoms in total. The lowest BCUT2D eigenvalue weighted by atomic mass is 9.46. The van der Waals surface area contributed by atoms with Crippen LogP contribution < -0.4 is 5.32 Å². The quantitative estimate of drug-likeness (QED) is 0.287. The molecule has 4 aliphatic rings. The van der Waals surface area contributed by atoms with Gasteiger partial charge in [-0.15, -0.1) is 0 Å². The van der Waals surface area contributed by atoms with Crippen molar-refractivity contribution < 1.29 is 29.1 Å². The number of amides is 1. The first kappa shape index (κ1) is 30.6. The van der Waals surface area contributed by atoms with Crippen molar-refractivity contribution in [1.29, 1.82) is 0 Å². The molecule has 3 fully saturated rings. The molecule has 0 aliphatic heterocycles. The number of ketones is 1. The van der Waals surface area contributed by atoms with E-state index >= 15 is 0 Å². The molecule has 1 amide bonds. The minimum atomic E-state index is -1.19. The van der Waals surface area contributed by atoms with Gasteiger partial charge in [-0.3, -0.25) is 9.59 Å². The van der Waals surface area contributed by atoms with Crippen molar-refractivity contribution in [3.8, 4) is 0 Å². The molecule has 1 aromatic carbocycles. The average Bonchev–Trinajstić information content (AvgIpc) is 3.54. The van der Waals surface area contributed by atoms with Crippen LogP contribution in [0.4, 0.5) is 0 Å². The molecule has 3 N–H and O–H groups in total. The largest absolute Gasteiger partial charge is 0.467 e. The van der Waals surface area contributed by atoms with Crippen molar-refractivity contribution in [3.63, 3.8) is 0 Å². The van der Waals surface area contributed by atoms with Crippen molar-refractivity contribution in [2.45, 2.75) is 90.2 Å². The number of H-pyrrole nitrogens is 1. The summed E-state index contributed by atoms with van der Waals surface area (Å²) >= 11 is 0. The number of rotatable bonds is 8. The normalized spacial score (nSPS) is 34.3. The third-order valence-corrected chi connectivity index (χ3v) is 12.0. The summed E-state index contributed by atoms with van der Waals surface area (Å²) in [5.74, 6) is 0.366. The zero-order valence-corrected chi connectivity index (χ0v) is 26.3. The molecule has 236 valence electrons. The number of esters is 1. The van der Waals surface area contributed by atoms with E-state index < -0.39 is 23.5 Å². The molecule has 0 unspecified atom stereocenters. The Balaban J connectivity index is 1.08. The van der Waals surface area contributed by atoms with Crippen LogP contribution in [0, 0.1) is 28.6 Å². The standard InChI is InChI=1S/C35H45N3O6/c1-21(39)35(42)16-13-28-26-10-9-23-18-24(11-14-33(23,2)27(26)12-15-34(28,35)3)38-44-20-31(40)37-30(32(41)43-4)17-22-19-36-29-8-6-5-7-25(22)29/h5-8,18-19,26-28,30,36,42H,9-17,20H2,1-4H3,(H,37,40)/t26-,27-,28+,30-,33-,34-,35-/m0/s1. The predicted octanol–water partition coefficient (Wildman–Crippen LogP) is 5.02. The molecule has 0 spiro atoms. The summed E-state index contributed by atoms with van der Waals surface area (Å²) in [5.41, 5.74) is 2.63. The van der Waals surface area contributed by atoms with E-state index in [4.69, 9.17) is 9.57 Å². The molecule has 3 saturated carbocycles. The summed E-state index contributed by atoms with van der Waals surface area (Å²) in [6, 6.07) is 6.96. The Morgan fingerprint density at radius 3 is 2.64 bits per heavy atom. The van der Waals surface area contributed by atoms with Gasteiger partial charge in [0.2, 0.25) is 0 Å². The van der Waals surface area contributed by atoms with Crippen LogP contribution in [0.2, 0.25) is 0 Å². The van der Waals surface area contributed by atoms with Gasteiger partial charge in [0.05, 0.1) is 12.8 Å². The Kier molecular flexibility index (Phi) is 7.97. The lowest BCUT2D eigenvalue weighted by Crippen LogP contribution is -2.57. The van der Waals surface area contributed by atoms with Gasteiger partial charge < -0.3 is 25.0 Å². The second-order valence-corrected chi connectivity index (χ2v) is 14.0. The summed E-state index contributed by atoms with van der Waals surface area (Å²) in [5, 5.41) is 19.5. The number of nitrogens with zero attached hydrogens (tertiary/aromatic N) is 1. The van der Waals surface area contributed by atoms with Crippen LogP contribution in [0.15, 0.2) is 47.3 Å². The minimum Gasteiger partial charge on any atom is -0.467 e. The number of allylic oxidation sites excluding steroid dienone is 2. The van der Waals surface area contributed by atoms with Crippen LogP contribution in [-0.4, -0.2) is 58.8 Å². The summed E-state index contributed by atoms with van der Waals surface area (Å²) in [6.45, 7) is 5.80. The number of aromatic nitrogens is 1. The van der Waals surface area contributed by atoms with E-state index in [2.05, 4.69) is 35.4 Å². The molecule has 44 heavy (non-hydrogen) atoms. The van der Waals surface area contributed by atoms with Gasteiger partial charge in [-0.2, -0.15) is 0 Å². The van der Waals surface area contributed by atoms with Crippen LogP contribution in [0.5, 0.6) is 0 Å². The van der Waals surface area contributed by atoms with Gasteiger partial charge in [0.15, 0.2) is 12.4 Å². The summed E-state index contributed by atoms with van der Waals surface area (Å²) in [4.78, 5) is 46.5. The molecule has 0 radical (unpaired) electrons. The zero-order valence-electron chi connectivity index (χ0n) is 26.3. The van der Waals surface area contributed by atoms with Crippen LogP contribution >= 0.6 is 0 Å². The zero-order chi connectivity index (χ0) is 31.3. The van der Waals surface area contributed by atoms with E-state index in [9.17, 15) is 19.5 Å². The molecule has 7 atom stereocenters. The number of ether oxygens (including phenoxy) is 1. The topological polar surface area (TPSA) is 130 Å². The van der Waals surface area contributed by atoms with Gasteiger partial charge in [0, 0.05) is 28.9 Å². The van der Waals surface area contributed by atoms with Crippen molar-refractivity contribution >= 4 is 34.3 Å². The molecule has 0 saturated heterocycles. The van der Waals surface area contributed by atoms with Crippen molar-refractivity contribution in [2.24, 2.45) is 33.7 Å². The van der Waals surface area contributed by atoms with E-state index in [0.717, 1.165) is 67.1 Å². The number of nitrogens with one attached hydrogen (secondary N) is 2. The molecule has 4 aliphatic carbocycles. The fourth-order valence-corrected chi connectivity index (χ4v) is 9.50. The number of oxime groups is 1. The minimum absolute atomic E-state index is 0.0632. The highest BCUT2D eigenvalue weighted by atomic mass is 16.6. The maximum Gasteiger partial charge on any atom is 0.328 e. The lowest BCUT2D eigenvalue weighted by molar-refractivity contribution is -0.159. The van der Waals surface area contributed by atoms with E-state index in [-0.39, 0.29) is 29.6 Å². The molecular weight excluding hydrogens is 558 g/mol. The lowest BCUT2D eigenvalue weighted by Gasteiger charge is -2.59. The fourth-order valence-electron chi connectivity index (χ4n) is 9.50. The number of para-hydroxylation sites is 1. The molecular formula is C35H45N3O6. The van der Waals surface area contributed by atoms with Gasteiger partial charge in [-0.25, -0.2) is 4.79 Å². The van der Waals surface area contributed by atoms with Crippen LogP contribution in [0.25, 0.3) is 10.9 Å². The fraction of sp³-hybridized carbons (Fsp3) is 0.600. The van der Waals surface area contributed by atoms with E-state index in [1.54, 1.807) is 6.92 Å². The number of carbonyl (C=O) groups excluding carboxylic acids is 3. The SMILES string of the molecule is COC(=O)[C@H](Cc1c[nH]c2ccccc12)NC(=O)CON=C1C=C2CC[C@@H]3[C@H]4CC[C@](O)(C(C)=O)[C@@]4(C)CC[C@@H]3[C@@]2(C)CC1. The second-order valence-electron chi connectivity index (χ2n) is 14.0. The van der Waals surface area contributed by atoms with E-state index in [1.165, 1.54) is 12.7 Å². The molecule has 9 heteroatoms. The second kappa shape index (κ2) is 11.5. The monoisotopic (exact) mass is 603 g/mol. The Morgan fingerprint density at radius 1 is 1.09 bits per heavy atom. The summed E-state index contributed by atoms with van der Waals surface area (Å²) in [7, 11) is 1.31. The first-order valence-corrected chi connectivity index (χ1v) is 16.1. The number of methoxy groups -OCH3 is 1. The molecule has 0 bridgehead atoms. The Morgan fingerprint density at radius 2 is 1.86 bits per heavy atom.